The zero-order valence-electron chi connectivity index (χ0n) is 8.98. The predicted octanol–water partition coefficient (Wildman–Crippen LogP) is 1.56. The van der Waals surface area contributed by atoms with Gasteiger partial charge in [0, 0.05) is 0 Å². The van der Waals surface area contributed by atoms with Crippen LogP contribution >= 0.6 is 0 Å². The summed E-state index contributed by atoms with van der Waals surface area (Å²) in [7, 11) is 0. The Kier molecular flexibility index (Phi) is 2.96. The molecule has 1 saturated carbocycles. The predicted molar refractivity (Wildman–Crippen MR) is 57.7 cm³/mol. The van der Waals surface area contributed by atoms with Crippen molar-refractivity contribution in [2.75, 3.05) is 0 Å². The highest BCUT2D eigenvalue weighted by atomic mass is 19.1. The summed E-state index contributed by atoms with van der Waals surface area (Å²) in [6.07, 6.45) is 1.82. The van der Waals surface area contributed by atoms with Crippen molar-refractivity contribution < 1.29 is 14.3 Å². The number of carbonyl (C=O) groups excluding carboxylic acids is 1. The highest BCUT2D eigenvalue weighted by molar-refractivity contribution is 5.97. The molecule has 4 nitrogen and oxygen atoms in total. The Morgan fingerprint density at radius 1 is 1.59 bits per heavy atom. The second-order valence-corrected chi connectivity index (χ2v) is 4.08. The molecule has 0 radical (unpaired) electrons. The van der Waals surface area contributed by atoms with Gasteiger partial charge in [-0.05, 0) is 37.0 Å². The van der Waals surface area contributed by atoms with Crippen LogP contribution in [0.15, 0.2) is 18.2 Å². The molecule has 1 aromatic rings. The van der Waals surface area contributed by atoms with Crippen molar-refractivity contribution in [1.29, 1.82) is 5.26 Å². The Balaban J connectivity index is 2.13. The first-order valence-corrected chi connectivity index (χ1v) is 5.31. The number of rotatable bonds is 3. The van der Waals surface area contributed by atoms with Crippen LogP contribution in [0.1, 0.15) is 23.2 Å². The third-order valence-electron chi connectivity index (χ3n) is 2.72. The first kappa shape index (κ1) is 11.4. The zero-order valence-corrected chi connectivity index (χ0v) is 8.98. The Labute approximate surface area is 97.7 Å². The van der Waals surface area contributed by atoms with Gasteiger partial charge in [0.2, 0.25) is 0 Å². The Morgan fingerprint density at radius 2 is 2.29 bits per heavy atom. The van der Waals surface area contributed by atoms with Crippen LogP contribution in [0, 0.1) is 23.1 Å². The fourth-order valence-corrected chi connectivity index (χ4v) is 1.59. The molecule has 0 aliphatic heterocycles. The van der Waals surface area contributed by atoms with E-state index in [9.17, 15) is 14.3 Å². The van der Waals surface area contributed by atoms with E-state index in [-0.39, 0.29) is 17.2 Å². The maximum Gasteiger partial charge on any atom is 0.256 e. The number of nitrogens with one attached hydrogen (secondary N) is 1. The summed E-state index contributed by atoms with van der Waals surface area (Å²) in [5, 5.41) is 20.8. The molecule has 2 N–H and O–H groups in total. The lowest BCUT2D eigenvalue weighted by molar-refractivity contribution is 0.0938. The molecule has 88 valence electrons. The Bertz CT molecular complexity index is 492. The minimum atomic E-state index is -0.625. The maximum absolute atomic E-state index is 12.9. The standard InChI is InChI=1S/C12H11FN2O2/c13-8-3-4-11(16)9(5-8)12(17)15-10(6-14)7-1-2-7/h3-5,7,10,16H,1-2H2,(H,15,17). The van der Waals surface area contributed by atoms with Gasteiger partial charge in [0.05, 0.1) is 11.6 Å². The van der Waals surface area contributed by atoms with Crippen LogP contribution in [0.5, 0.6) is 5.75 Å². The minimum Gasteiger partial charge on any atom is -0.507 e. The number of carbonyl (C=O) groups is 1. The summed E-state index contributed by atoms with van der Waals surface area (Å²) in [5.41, 5.74) is -0.147. The van der Waals surface area contributed by atoms with Gasteiger partial charge >= 0.3 is 0 Å². The summed E-state index contributed by atoms with van der Waals surface area (Å²) in [6.45, 7) is 0. The molecule has 0 heterocycles. The smallest absolute Gasteiger partial charge is 0.256 e. The van der Waals surface area contributed by atoms with E-state index in [0.29, 0.717) is 0 Å². The van der Waals surface area contributed by atoms with E-state index in [1.165, 1.54) is 0 Å². The number of amides is 1. The van der Waals surface area contributed by atoms with Crippen LogP contribution in [-0.2, 0) is 0 Å². The summed E-state index contributed by atoms with van der Waals surface area (Å²) < 4.78 is 12.9. The number of aromatic hydroxyl groups is 1. The molecule has 1 amide bonds. The lowest BCUT2D eigenvalue weighted by Gasteiger charge is -2.11. The lowest BCUT2D eigenvalue weighted by atomic mass is 10.1. The maximum atomic E-state index is 12.9. The molecule has 1 atom stereocenters. The van der Waals surface area contributed by atoms with Gasteiger partial charge in [-0.25, -0.2) is 4.39 Å². The van der Waals surface area contributed by atoms with E-state index in [1.807, 2.05) is 6.07 Å². The average Bonchev–Trinajstić information content (AvgIpc) is 3.13. The molecule has 0 bridgehead atoms. The van der Waals surface area contributed by atoms with Gasteiger partial charge in [-0.15, -0.1) is 0 Å². The van der Waals surface area contributed by atoms with Gasteiger partial charge in [0.25, 0.3) is 5.91 Å². The molecule has 1 aliphatic rings. The van der Waals surface area contributed by atoms with Crippen LogP contribution < -0.4 is 5.32 Å². The van der Waals surface area contributed by atoms with Crippen LogP contribution in [-0.4, -0.2) is 17.1 Å². The fraction of sp³-hybridized carbons (Fsp3) is 0.333. The van der Waals surface area contributed by atoms with E-state index in [2.05, 4.69) is 5.32 Å². The molecular formula is C12H11FN2O2. The van der Waals surface area contributed by atoms with E-state index < -0.39 is 17.8 Å². The molecule has 5 heteroatoms. The highest BCUT2D eigenvalue weighted by Gasteiger charge is 2.32. The molecule has 0 spiro atoms. The zero-order chi connectivity index (χ0) is 12.4. The van der Waals surface area contributed by atoms with Crippen molar-refractivity contribution in [2.45, 2.75) is 18.9 Å². The Hall–Kier alpha value is -2.09. The number of hydrogen-bond acceptors (Lipinski definition) is 3. The minimum absolute atomic E-state index is 0.147. The van der Waals surface area contributed by atoms with Crippen molar-refractivity contribution in [2.24, 2.45) is 5.92 Å². The molecule has 17 heavy (non-hydrogen) atoms. The van der Waals surface area contributed by atoms with E-state index in [1.54, 1.807) is 0 Å². The summed E-state index contributed by atoms with van der Waals surface area (Å²) >= 11 is 0. The average molecular weight is 234 g/mol. The summed E-state index contributed by atoms with van der Waals surface area (Å²) in [4.78, 5) is 11.7. The van der Waals surface area contributed by atoms with E-state index >= 15 is 0 Å². The van der Waals surface area contributed by atoms with Crippen LogP contribution in [0.25, 0.3) is 0 Å². The summed E-state index contributed by atoms with van der Waals surface area (Å²) in [6, 6.07) is 4.56. The second-order valence-electron chi connectivity index (χ2n) is 4.08. The van der Waals surface area contributed by atoms with Gasteiger partial charge in [0.1, 0.15) is 17.6 Å². The number of benzene rings is 1. The summed E-state index contributed by atoms with van der Waals surface area (Å²) in [5.74, 6) is -1.34. The normalized spacial score (nSPS) is 16.0. The molecule has 1 fully saturated rings. The van der Waals surface area contributed by atoms with Crippen LogP contribution in [0.4, 0.5) is 4.39 Å². The molecule has 1 aromatic carbocycles. The SMILES string of the molecule is N#CC(NC(=O)c1cc(F)ccc1O)C1CC1. The van der Waals surface area contributed by atoms with Crippen molar-refractivity contribution in [3.63, 3.8) is 0 Å². The number of hydrogen-bond donors (Lipinski definition) is 2. The molecule has 2 rings (SSSR count). The quantitative estimate of drug-likeness (QED) is 0.833. The molecule has 0 saturated heterocycles. The topological polar surface area (TPSA) is 73.1 Å². The van der Waals surface area contributed by atoms with Gasteiger partial charge in [0.15, 0.2) is 0 Å². The number of halogens is 1. The lowest BCUT2D eigenvalue weighted by Crippen LogP contribution is -2.35. The van der Waals surface area contributed by atoms with Gasteiger partial charge in [-0.3, -0.25) is 4.79 Å². The third-order valence-corrected chi connectivity index (χ3v) is 2.72. The van der Waals surface area contributed by atoms with Gasteiger partial charge in [-0.2, -0.15) is 5.26 Å². The van der Waals surface area contributed by atoms with Gasteiger partial charge in [-0.1, -0.05) is 0 Å². The van der Waals surface area contributed by atoms with Crippen LogP contribution in [0.3, 0.4) is 0 Å². The number of phenolic OH excluding ortho intramolecular Hbond substituents is 1. The third kappa shape index (κ3) is 2.53. The molecule has 1 aliphatic carbocycles. The van der Waals surface area contributed by atoms with E-state index in [0.717, 1.165) is 31.0 Å². The van der Waals surface area contributed by atoms with Crippen molar-refractivity contribution >= 4 is 5.91 Å². The second kappa shape index (κ2) is 4.42. The van der Waals surface area contributed by atoms with E-state index in [4.69, 9.17) is 5.26 Å². The highest BCUT2D eigenvalue weighted by Crippen LogP contribution is 2.32. The number of phenols is 1. The van der Waals surface area contributed by atoms with Crippen LogP contribution in [0.2, 0.25) is 0 Å². The molecular weight excluding hydrogens is 223 g/mol. The first-order chi connectivity index (χ1) is 8.11. The monoisotopic (exact) mass is 234 g/mol. The largest absolute Gasteiger partial charge is 0.507 e. The van der Waals surface area contributed by atoms with Gasteiger partial charge < -0.3 is 10.4 Å². The fourth-order valence-electron chi connectivity index (χ4n) is 1.59. The van der Waals surface area contributed by atoms with Crippen molar-refractivity contribution in [3.8, 4) is 11.8 Å². The first-order valence-electron chi connectivity index (χ1n) is 5.31. The number of nitrogens with zero attached hydrogens (tertiary/aromatic N) is 1. The van der Waals surface area contributed by atoms with Crippen molar-refractivity contribution in [1.82, 2.24) is 5.32 Å². The molecule has 1 unspecified atom stereocenters. The molecule has 0 aromatic heterocycles. The number of nitriles is 1. The Morgan fingerprint density at radius 3 is 2.88 bits per heavy atom. The van der Waals surface area contributed by atoms with Crippen molar-refractivity contribution in [3.05, 3.63) is 29.6 Å².